The Labute approximate surface area is 81.6 Å². The number of carbonyl (C=O) groups is 1. The van der Waals surface area contributed by atoms with Crippen molar-refractivity contribution in [1.29, 1.82) is 0 Å². The number of nitrogens with zero attached hydrogens (tertiary/aromatic N) is 1. The van der Waals surface area contributed by atoms with Gasteiger partial charge in [0.2, 0.25) is 0 Å². The summed E-state index contributed by atoms with van der Waals surface area (Å²) in [4.78, 5) is 14.2. The zero-order chi connectivity index (χ0) is 9.14. The van der Waals surface area contributed by atoms with Crippen LogP contribution in [-0.2, 0) is 4.79 Å². The quantitative estimate of drug-likeness (QED) is 0.750. The molecule has 0 saturated heterocycles. The Morgan fingerprint density at radius 3 is 2.62 bits per heavy atom. The maximum absolute atomic E-state index is 10.3. The summed E-state index contributed by atoms with van der Waals surface area (Å²) < 4.78 is 0. The second kappa shape index (κ2) is 4.79. The number of aryl methyl sites for hydroxylation is 1. The van der Waals surface area contributed by atoms with E-state index in [9.17, 15) is 4.79 Å². The molecule has 1 aromatic rings. The summed E-state index contributed by atoms with van der Waals surface area (Å²) in [5.41, 5.74) is 0.857. The van der Waals surface area contributed by atoms with Gasteiger partial charge in [-0.15, -0.1) is 12.4 Å². The minimum absolute atomic E-state index is 0. The first-order valence-electron chi connectivity index (χ1n) is 3.45. The van der Waals surface area contributed by atoms with Crippen molar-refractivity contribution in [3.63, 3.8) is 0 Å². The van der Waals surface area contributed by atoms with Crippen molar-refractivity contribution in [1.82, 2.24) is 4.98 Å². The number of hydrogen-bond donors (Lipinski definition) is 2. The highest BCUT2D eigenvalue weighted by Gasteiger charge is 2.16. The van der Waals surface area contributed by atoms with Crippen LogP contribution < -0.4 is 0 Å². The topological polar surface area (TPSA) is 70.4 Å². The van der Waals surface area contributed by atoms with Gasteiger partial charge in [-0.25, -0.2) is 4.79 Å². The number of halogens is 1. The number of aliphatic hydroxyl groups is 1. The van der Waals surface area contributed by atoms with Gasteiger partial charge in [0.05, 0.1) is 5.69 Å². The molecule has 0 radical (unpaired) electrons. The van der Waals surface area contributed by atoms with Crippen molar-refractivity contribution in [2.24, 2.45) is 0 Å². The van der Waals surface area contributed by atoms with E-state index < -0.39 is 12.1 Å². The number of carboxylic acid groups (broad SMARTS) is 1. The molecule has 2 N–H and O–H groups in total. The fourth-order valence-electron chi connectivity index (χ4n) is 0.843. The molecule has 0 aliphatic heterocycles. The molecule has 0 bridgehead atoms. The molecule has 0 spiro atoms. The maximum Gasteiger partial charge on any atom is 0.338 e. The van der Waals surface area contributed by atoms with Gasteiger partial charge in [0.1, 0.15) is 0 Å². The highest BCUT2D eigenvalue weighted by atomic mass is 35.5. The van der Waals surface area contributed by atoms with Gasteiger partial charge < -0.3 is 10.2 Å². The normalized spacial score (nSPS) is 11.5. The van der Waals surface area contributed by atoms with Crippen molar-refractivity contribution in [2.75, 3.05) is 0 Å². The first-order valence-corrected chi connectivity index (χ1v) is 3.45. The number of aliphatic hydroxyl groups excluding tert-OH is 1. The molecule has 72 valence electrons. The molecule has 4 nitrogen and oxygen atoms in total. The second-order valence-corrected chi connectivity index (χ2v) is 2.44. The molecule has 0 fully saturated rings. The van der Waals surface area contributed by atoms with Crippen molar-refractivity contribution in [3.05, 3.63) is 29.6 Å². The molecule has 0 amide bonds. The summed E-state index contributed by atoms with van der Waals surface area (Å²) in [6.07, 6.45) is -1.52. The van der Waals surface area contributed by atoms with Gasteiger partial charge in [-0.2, -0.15) is 0 Å². The minimum atomic E-state index is -1.52. The number of aliphatic carboxylic acids is 1. The largest absolute Gasteiger partial charge is 0.479 e. The third kappa shape index (κ3) is 3.01. The van der Waals surface area contributed by atoms with Gasteiger partial charge in [-0.1, -0.05) is 6.07 Å². The van der Waals surface area contributed by atoms with Gasteiger partial charge in [-0.3, -0.25) is 4.98 Å². The van der Waals surface area contributed by atoms with Crippen LogP contribution in [0.4, 0.5) is 0 Å². The third-order valence-electron chi connectivity index (χ3n) is 1.42. The summed E-state index contributed by atoms with van der Waals surface area (Å²) >= 11 is 0. The number of rotatable bonds is 2. The maximum atomic E-state index is 10.3. The van der Waals surface area contributed by atoms with Crippen LogP contribution >= 0.6 is 12.4 Å². The van der Waals surface area contributed by atoms with E-state index in [2.05, 4.69) is 4.98 Å². The third-order valence-corrected chi connectivity index (χ3v) is 1.42. The standard InChI is InChI=1S/C8H9NO3.ClH/c1-5-3-2-4-6(9-5)7(10)8(11)12;/h2-4,7,10H,1H3,(H,11,12);1H. The smallest absolute Gasteiger partial charge is 0.338 e. The van der Waals surface area contributed by atoms with Crippen LogP contribution in [0.5, 0.6) is 0 Å². The van der Waals surface area contributed by atoms with E-state index >= 15 is 0 Å². The molecule has 5 heteroatoms. The molecular formula is C8H10ClNO3. The Morgan fingerprint density at radius 1 is 1.54 bits per heavy atom. The summed E-state index contributed by atoms with van der Waals surface area (Å²) in [7, 11) is 0. The molecule has 1 aromatic heterocycles. The molecule has 0 aromatic carbocycles. The lowest BCUT2D eigenvalue weighted by Crippen LogP contribution is -2.12. The second-order valence-electron chi connectivity index (χ2n) is 2.44. The van der Waals surface area contributed by atoms with Gasteiger partial charge in [0, 0.05) is 5.69 Å². The van der Waals surface area contributed by atoms with Gasteiger partial charge in [0.15, 0.2) is 6.10 Å². The molecule has 0 aliphatic rings. The van der Waals surface area contributed by atoms with Crippen LogP contribution in [0.15, 0.2) is 18.2 Å². The van der Waals surface area contributed by atoms with E-state index in [1.54, 1.807) is 19.1 Å². The van der Waals surface area contributed by atoms with Gasteiger partial charge in [0.25, 0.3) is 0 Å². The predicted molar refractivity (Wildman–Crippen MR) is 48.8 cm³/mol. The fourth-order valence-corrected chi connectivity index (χ4v) is 0.843. The summed E-state index contributed by atoms with van der Waals surface area (Å²) in [5, 5.41) is 17.5. The van der Waals surface area contributed by atoms with Crippen molar-refractivity contribution < 1.29 is 15.0 Å². The Bertz CT molecular complexity index is 303. The Balaban J connectivity index is 0.00000144. The lowest BCUT2D eigenvalue weighted by Gasteiger charge is -2.04. The number of pyridine rings is 1. The van der Waals surface area contributed by atoms with Crippen molar-refractivity contribution in [3.8, 4) is 0 Å². The lowest BCUT2D eigenvalue weighted by molar-refractivity contribution is -0.147. The van der Waals surface area contributed by atoms with E-state index in [-0.39, 0.29) is 18.1 Å². The molecule has 1 unspecified atom stereocenters. The molecular weight excluding hydrogens is 194 g/mol. The summed E-state index contributed by atoms with van der Waals surface area (Å²) in [6, 6.07) is 4.87. The monoisotopic (exact) mass is 203 g/mol. The van der Waals surface area contributed by atoms with E-state index in [1.807, 2.05) is 0 Å². The van der Waals surface area contributed by atoms with Gasteiger partial charge in [-0.05, 0) is 19.1 Å². The van der Waals surface area contributed by atoms with E-state index in [1.165, 1.54) is 6.07 Å². The Hall–Kier alpha value is -1.13. The zero-order valence-electron chi connectivity index (χ0n) is 6.97. The van der Waals surface area contributed by atoms with Crippen LogP contribution in [0, 0.1) is 6.92 Å². The SMILES string of the molecule is Cc1cccc(C(O)C(=O)O)n1.Cl. The Morgan fingerprint density at radius 2 is 2.15 bits per heavy atom. The summed E-state index contributed by atoms with van der Waals surface area (Å²) in [5.74, 6) is -1.28. The van der Waals surface area contributed by atoms with E-state index in [4.69, 9.17) is 10.2 Å². The lowest BCUT2D eigenvalue weighted by atomic mass is 10.2. The van der Waals surface area contributed by atoms with Crippen LogP contribution in [0.3, 0.4) is 0 Å². The summed E-state index contributed by atoms with van der Waals surface area (Å²) in [6.45, 7) is 1.73. The predicted octanol–water partition coefficient (Wildman–Crippen LogP) is 0.930. The highest BCUT2D eigenvalue weighted by Crippen LogP contribution is 2.09. The number of hydrogen-bond acceptors (Lipinski definition) is 3. The minimum Gasteiger partial charge on any atom is -0.479 e. The van der Waals surface area contributed by atoms with E-state index in [0.29, 0.717) is 5.69 Å². The van der Waals surface area contributed by atoms with Gasteiger partial charge >= 0.3 is 5.97 Å². The van der Waals surface area contributed by atoms with Crippen LogP contribution in [0.2, 0.25) is 0 Å². The van der Waals surface area contributed by atoms with Crippen molar-refractivity contribution in [2.45, 2.75) is 13.0 Å². The molecule has 1 atom stereocenters. The first-order chi connectivity index (χ1) is 5.61. The van der Waals surface area contributed by atoms with Crippen LogP contribution in [0.25, 0.3) is 0 Å². The molecule has 0 aliphatic carbocycles. The average Bonchev–Trinajstić information content (AvgIpc) is 2.03. The molecule has 1 rings (SSSR count). The molecule has 0 saturated carbocycles. The van der Waals surface area contributed by atoms with Crippen molar-refractivity contribution >= 4 is 18.4 Å². The first kappa shape index (κ1) is 11.9. The van der Waals surface area contributed by atoms with Crippen LogP contribution in [0.1, 0.15) is 17.5 Å². The average molecular weight is 204 g/mol. The fraction of sp³-hybridized carbons (Fsp3) is 0.250. The molecule has 13 heavy (non-hydrogen) atoms. The molecule has 1 heterocycles. The van der Waals surface area contributed by atoms with Crippen LogP contribution in [-0.4, -0.2) is 21.2 Å². The Kier molecular flexibility index (Phi) is 4.37. The number of aromatic nitrogens is 1. The zero-order valence-corrected chi connectivity index (χ0v) is 7.78. The number of carboxylic acids is 1. The van der Waals surface area contributed by atoms with E-state index in [0.717, 1.165) is 0 Å². The highest BCUT2D eigenvalue weighted by molar-refractivity contribution is 5.85.